The lowest BCUT2D eigenvalue weighted by atomic mass is 10.2. The van der Waals surface area contributed by atoms with Crippen molar-refractivity contribution in [3.05, 3.63) is 24.3 Å². The summed E-state index contributed by atoms with van der Waals surface area (Å²) in [6, 6.07) is 7.56. The largest absolute Gasteiger partial charge is 0.366 e. The van der Waals surface area contributed by atoms with E-state index in [2.05, 4.69) is 4.90 Å². The molecule has 0 amide bonds. The maximum absolute atomic E-state index is 12.3. The van der Waals surface area contributed by atoms with Gasteiger partial charge in [-0.2, -0.15) is 0 Å². The van der Waals surface area contributed by atoms with Gasteiger partial charge in [-0.1, -0.05) is 19.1 Å². The van der Waals surface area contributed by atoms with Gasteiger partial charge in [0.05, 0.1) is 16.3 Å². The average molecular weight is 282 g/mol. The van der Waals surface area contributed by atoms with Crippen LogP contribution in [0.2, 0.25) is 0 Å². The maximum atomic E-state index is 12.3. The first-order valence-corrected chi connectivity index (χ1v) is 8.54. The molecule has 4 nitrogen and oxygen atoms in total. The number of para-hydroxylation sites is 1. The van der Waals surface area contributed by atoms with E-state index in [4.69, 9.17) is 5.73 Å². The molecule has 106 valence electrons. The Kier molecular flexibility index (Phi) is 4.47. The van der Waals surface area contributed by atoms with Crippen LogP contribution >= 0.6 is 0 Å². The lowest BCUT2D eigenvalue weighted by Crippen LogP contribution is -2.36. The monoisotopic (exact) mass is 282 g/mol. The van der Waals surface area contributed by atoms with Crippen molar-refractivity contribution in [3.63, 3.8) is 0 Å². The molecule has 0 saturated carbocycles. The van der Waals surface area contributed by atoms with Crippen molar-refractivity contribution < 1.29 is 8.42 Å². The minimum atomic E-state index is -3.19. The van der Waals surface area contributed by atoms with Crippen molar-refractivity contribution in [1.82, 2.24) is 0 Å². The van der Waals surface area contributed by atoms with Crippen molar-refractivity contribution in [2.45, 2.75) is 37.1 Å². The summed E-state index contributed by atoms with van der Waals surface area (Å²) in [5.74, 6) is 0.200. The summed E-state index contributed by atoms with van der Waals surface area (Å²) in [5, 5.41) is 0. The van der Waals surface area contributed by atoms with E-state index < -0.39 is 9.84 Å². The summed E-state index contributed by atoms with van der Waals surface area (Å²) >= 11 is 0. The number of hydrogen-bond acceptors (Lipinski definition) is 4. The predicted molar refractivity (Wildman–Crippen MR) is 78.2 cm³/mol. The molecule has 1 aliphatic rings. The zero-order chi connectivity index (χ0) is 13.9. The number of sulfone groups is 1. The Hall–Kier alpha value is -1.07. The van der Waals surface area contributed by atoms with Crippen LogP contribution in [0.1, 0.15) is 26.2 Å². The highest BCUT2D eigenvalue weighted by atomic mass is 32.2. The molecule has 1 aromatic carbocycles. The molecule has 5 heteroatoms. The second-order valence-corrected chi connectivity index (χ2v) is 7.09. The van der Waals surface area contributed by atoms with Crippen LogP contribution in [0, 0.1) is 0 Å². The summed E-state index contributed by atoms with van der Waals surface area (Å²) in [4.78, 5) is 2.61. The number of rotatable bonds is 5. The zero-order valence-electron chi connectivity index (χ0n) is 11.4. The van der Waals surface area contributed by atoms with Crippen LogP contribution in [0.3, 0.4) is 0 Å². The van der Waals surface area contributed by atoms with E-state index in [0.29, 0.717) is 17.9 Å². The van der Waals surface area contributed by atoms with Gasteiger partial charge in [0.25, 0.3) is 0 Å². The number of benzene rings is 1. The van der Waals surface area contributed by atoms with Gasteiger partial charge >= 0.3 is 0 Å². The van der Waals surface area contributed by atoms with Gasteiger partial charge in [0.15, 0.2) is 9.84 Å². The fourth-order valence-electron chi connectivity index (χ4n) is 2.73. The first-order valence-electron chi connectivity index (χ1n) is 6.88. The van der Waals surface area contributed by atoms with E-state index in [-0.39, 0.29) is 11.8 Å². The standard InChI is InChI=1S/C14H22N2O2S/c1-2-10-19(17,18)14-8-4-3-7-13(14)16-9-5-6-12(16)11-15/h3-4,7-8,12H,2,5-6,9-11,15H2,1H3. The topological polar surface area (TPSA) is 63.4 Å². The molecule has 0 spiro atoms. The summed E-state index contributed by atoms with van der Waals surface area (Å²) in [6.07, 6.45) is 2.75. The molecule has 1 unspecified atom stereocenters. The van der Waals surface area contributed by atoms with Crippen molar-refractivity contribution in [3.8, 4) is 0 Å². The SMILES string of the molecule is CCCS(=O)(=O)c1ccccc1N1CCCC1CN. The van der Waals surface area contributed by atoms with Gasteiger partial charge in [-0.15, -0.1) is 0 Å². The molecular formula is C14H22N2O2S. The molecule has 1 saturated heterocycles. The van der Waals surface area contributed by atoms with Gasteiger partial charge in [0, 0.05) is 19.1 Å². The van der Waals surface area contributed by atoms with Crippen LogP contribution in [-0.2, 0) is 9.84 Å². The Labute approximate surface area is 115 Å². The Bertz CT molecular complexity index is 528. The fraction of sp³-hybridized carbons (Fsp3) is 0.571. The minimum Gasteiger partial charge on any atom is -0.366 e. The summed E-state index contributed by atoms with van der Waals surface area (Å²) in [6.45, 7) is 3.35. The smallest absolute Gasteiger partial charge is 0.180 e. The fourth-order valence-corrected chi connectivity index (χ4v) is 4.28. The normalized spacial score (nSPS) is 19.9. The highest BCUT2D eigenvalue weighted by Gasteiger charge is 2.28. The lowest BCUT2D eigenvalue weighted by molar-refractivity contribution is 0.593. The second kappa shape index (κ2) is 5.92. The third-order valence-corrected chi connectivity index (χ3v) is 5.59. The molecule has 0 radical (unpaired) electrons. The maximum Gasteiger partial charge on any atom is 0.180 e. The molecule has 0 aromatic heterocycles. The number of hydrogen-bond donors (Lipinski definition) is 1. The molecule has 1 aliphatic heterocycles. The lowest BCUT2D eigenvalue weighted by Gasteiger charge is -2.27. The van der Waals surface area contributed by atoms with Crippen molar-refractivity contribution in [1.29, 1.82) is 0 Å². The highest BCUT2D eigenvalue weighted by Crippen LogP contribution is 2.31. The van der Waals surface area contributed by atoms with Crippen molar-refractivity contribution in [2.75, 3.05) is 23.7 Å². The van der Waals surface area contributed by atoms with Crippen molar-refractivity contribution >= 4 is 15.5 Å². The molecule has 2 rings (SSSR count). The van der Waals surface area contributed by atoms with E-state index in [1.807, 2.05) is 19.1 Å². The Morgan fingerprint density at radius 2 is 2.11 bits per heavy atom. The molecule has 1 fully saturated rings. The van der Waals surface area contributed by atoms with Crippen LogP contribution in [0.4, 0.5) is 5.69 Å². The molecule has 19 heavy (non-hydrogen) atoms. The minimum absolute atomic E-state index is 0.200. The molecule has 0 bridgehead atoms. The van der Waals surface area contributed by atoms with Gasteiger partial charge in [0.2, 0.25) is 0 Å². The van der Waals surface area contributed by atoms with Crippen molar-refractivity contribution in [2.24, 2.45) is 5.73 Å². The first kappa shape index (κ1) is 14.3. The second-order valence-electron chi connectivity index (χ2n) is 5.01. The van der Waals surface area contributed by atoms with Gasteiger partial charge in [-0.05, 0) is 31.4 Å². The number of nitrogens with two attached hydrogens (primary N) is 1. The third kappa shape index (κ3) is 2.92. The zero-order valence-corrected chi connectivity index (χ0v) is 12.2. The Balaban J connectivity index is 2.42. The van der Waals surface area contributed by atoms with Crippen LogP contribution in [-0.4, -0.2) is 33.3 Å². The Morgan fingerprint density at radius 3 is 2.79 bits per heavy atom. The van der Waals surface area contributed by atoms with E-state index >= 15 is 0 Å². The summed E-state index contributed by atoms with van der Waals surface area (Å²) in [7, 11) is -3.19. The molecule has 1 heterocycles. The van der Waals surface area contributed by atoms with Crippen LogP contribution in [0.15, 0.2) is 29.2 Å². The quantitative estimate of drug-likeness (QED) is 0.894. The van der Waals surface area contributed by atoms with E-state index in [1.54, 1.807) is 12.1 Å². The first-order chi connectivity index (χ1) is 9.10. The molecule has 1 aromatic rings. The summed E-state index contributed by atoms with van der Waals surface area (Å²) < 4.78 is 24.7. The number of anilines is 1. The van der Waals surface area contributed by atoms with Gasteiger partial charge in [0.1, 0.15) is 0 Å². The number of nitrogens with zero attached hydrogens (tertiary/aromatic N) is 1. The molecule has 0 aliphatic carbocycles. The van der Waals surface area contributed by atoms with Gasteiger partial charge in [-0.3, -0.25) is 0 Å². The molecular weight excluding hydrogens is 260 g/mol. The van der Waals surface area contributed by atoms with E-state index in [0.717, 1.165) is 25.1 Å². The average Bonchev–Trinajstić information content (AvgIpc) is 2.87. The molecule has 2 N–H and O–H groups in total. The molecule has 1 atom stereocenters. The summed E-state index contributed by atoms with van der Waals surface area (Å²) in [5.41, 5.74) is 6.61. The third-order valence-electron chi connectivity index (χ3n) is 3.63. The van der Waals surface area contributed by atoms with Crippen LogP contribution in [0.25, 0.3) is 0 Å². The van der Waals surface area contributed by atoms with Gasteiger partial charge < -0.3 is 10.6 Å². The van der Waals surface area contributed by atoms with E-state index in [9.17, 15) is 8.42 Å². The van der Waals surface area contributed by atoms with E-state index in [1.165, 1.54) is 0 Å². The van der Waals surface area contributed by atoms with Crippen LogP contribution in [0.5, 0.6) is 0 Å². The predicted octanol–water partition coefficient (Wildman–Crippen LogP) is 1.80. The highest BCUT2D eigenvalue weighted by molar-refractivity contribution is 7.91. The van der Waals surface area contributed by atoms with Gasteiger partial charge in [-0.25, -0.2) is 8.42 Å². The van der Waals surface area contributed by atoms with Crippen LogP contribution < -0.4 is 10.6 Å². The Morgan fingerprint density at radius 1 is 1.37 bits per heavy atom.